The number of rotatable bonds is 12. The van der Waals surface area contributed by atoms with Gasteiger partial charge >= 0.3 is 17.9 Å². The van der Waals surface area contributed by atoms with E-state index in [-0.39, 0.29) is 56.2 Å². The number of fused-ring (bicyclic) bond motifs is 3. The normalized spacial score (nSPS) is 40.9. The van der Waals surface area contributed by atoms with Gasteiger partial charge in [0.2, 0.25) is 34.3 Å². The Morgan fingerprint density at radius 2 is 1.00 bits per heavy atom. The third kappa shape index (κ3) is 7.61. The maximum Gasteiger partial charge on any atom is 0.339 e. The largest absolute Gasteiger partial charge is 0.453 e. The average molecular weight is 918 g/mol. The number of esters is 3. The lowest BCUT2D eigenvalue weighted by Gasteiger charge is -2.54. The van der Waals surface area contributed by atoms with E-state index in [0.29, 0.717) is 25.9 Å². The molecule has 0 unspecified atom stereocenters. The second kappa shape index (κ2) is 19.4. The van der Waals surface area contributed by atoms with Crippen LogP contribution < -0.4 is 16.0 Å². The number of allylic oxidation sites excluding steroid dienone is 3. The van der Waals surface area contributed by atoms with Crippen molar-refractivity contribution < 1.29 is 58.3 Å². The first-order chi connectivity index (χ1) is 30.3. The average Bonchev–Trinajstić information content (AvgIpc) is 3.66. The SMILES string of the molecule is C.C.C=C[C@H]1C(=O)N[C@@]2([C@@H](O)[C@@H]3C=CCCC3)C(=O)O[C@@]12C.CB(C)CC[C@H]1C(=O)N[C@@]2([C@@H](O)[C@@H]3C=CCCC3)C(=O)O[C@@]12C.[B]CC[C@H]1C(=O)N[C@@]2([C@@H](O)[C@@H]3C=CCCC3)C(=O)O[C@@]12C. The van der Waals surface area contributed by atoms with Gasteiger partial charge in [0.15, 0.2) is 16.8 Å². The maximum absolute atomic E-state index is 12.5. The number of amides is 3. The summed E-state index contributed by atoms with van der Waals surface area (Å²) in [5.74, 6) is -4.21. The Kier molecular flexibility index (Phi) is 15.5. The number of hydrogen-bond donors (Lipinski definition) is 6. The predicted molar refractivity (Wildman–Crippen MR) is 250 cm³/mol. The van der Waals surface area contributed by atoms with E-state index in [1.54, 1.807) is 20.8 Å². The van der Waals surface area contributed by atoms with E-state index in [2.05, 4.69) is 36.2 Å². The molecule has 0 aromatic heterocycles. The van der Waals surface area contributed by atoms with Crippen LogP contribution in [0.2, 0.25) is 26.3 Å². The third-order valence-electron chi connectivity index (χ3n) is 16.2. The van der Waals surface area contributed by atoms with E-state index >= 15 is 0 Å². The van der Waals surface area contributed by atoms with Gasteiger partial charge < -0.3 is 45.5 Å². The summed E-state index contributed by atoms with van der Waals surface area (Å²) < 4.78 is 16.1. The zero-order valence-corrected chi connectivity index (χ0v) is 37.8. The maximum atomic E-state index is 12.5. The molecule has 362 valence electrons. The highest BCUT2D eigenvalue weighted by Crippen LogP contribution is 2.56. The molecule has 0 aromatic rings. The quantitative estimate of drug-likeness (QED) is 0.0705. The smallest absolute Gasteiger partial charge is 0.339 e. The lowest BCUT2D eigenvalue weighted by Crippen LogP contribution is -2.80. The van der Waals surface area contributed by atoms with Crippen molar-refractivity contribution in [3.8, 4) is 0 Å². The Morgan fingerprint density at radius 1 is 0.652 bits per heavy atom. The van der Waals surface area contributed by atoms with Gasteiger partial charge in [0, 0.05) is 17.8 Å². The monoisotopic (exact) mass is 918 g/mol. The first-order valence-corrected chi connectivity index (χ1v) is 23.3. The molecule has 0 saturated carbocycles. The summed E-state index contributed by atoms with van der Waals surface area (Å²) in [6.45, 7) is 13.5. The lowest BCUT2D eigenvalue weighted by molar-refractivity contribution is -0.239. The molecule has 66 heavy (non-hydrogen) atoms. The Labute approximate surface area is 392 Å². The van der Waals surface area contributed by atoms with E-state index in [4.69, 9.17) is 22.1 Å². The molecule has 0 bridgehead atoms. The van der Waals surface area contributed by atoms with Crippen LogP contribution in [0.15, 0.2) is 49.1 Å². The van der Waals surface area contributed by atoms with Gasteiger partial charge in [-0.2, -0.15) is 0 Å². The molecule has 0 spiro atoms. The summed E-state index contributed by atoms with van der Waals surface area (Å²) in [4.78, 5) is 73.4. The highest BCUT2D eigenvalue weighted by Gasteiger charge is 2.81. The van der Waals surface area contributed by atoms with E-state index in [1.165, 1.54) is 6.08 Å². The fraction of sp³-hybridized carbons (Fsp3) is 0.714. The topological polar surface area (TPSA) is 227 Å². The molecule has 2 radical (unpaired) electrons. The number of carbonyl (C=O) groups excluding carboxylic acids is 6. The minimum atomic E-state index is -1.34. The molecule has 0 aromatic carbocycles. The van der Waals surface area contributed by atoms with Crippen LogP contribution in [-0.4, -0.2) is 117 Å². The van der Waals surface area contributed by atoms with Gasteiger partial charge in [-0.25, -0.2) is 14.4 Å². The molecule has 3 amide bonds. The van der Waals surface area contributed by atoms with Crippen molar-refractivity contribution in [2.45, 2.75) is 184 Å². The molecule has 15 atom stereocenters. The van der Waals surface area contributed by atoms with Crippen LogP contribution in [0, 0.1) is 35.5 Å². The van der Waals surface area contributed by atoms with E-state index < -0.39 is 81.5 Å². The van der Waals surface area contributed by atoms with Crippen molar-refractivity contribution in [3.05, 3.63) is 49.1 Å². The van der Waals surface area contributed by atoms with Gasteiger partial charge in [-0.3, -0.25) is 14.4 Å². The van der Waals surface area contributed by atoms with Gasteiger partial charge in [-0.1, -0.05) is 83.7 Å². The van der Waals surface area contributed by atoms with Gasteiger partial charge in [0.05, 0.1) is 43.9 Å². The summed E-state index contributed by atoms with van der Waals surface area (Å²) in [5.41, 5.74) is -6.94. The van der Waals surface area contributed by atoms with Crippen molar-refractivity contribution in [2.24, 2.45) is 35.5 Å². The molecule has 6 heterocycles. The summed E-state index contributed by atoms with van der Waals surface area (Å²) in [6.07, 6.45) is 21.2. The van der Waals surface area contributed by atoms with Crippen LogP contribution in [0.5, 0.6) is 0 Å². The molecule has 17 heteroatoms. The van der Waals surface area contributed by atoms with E-state index in [0.717, 1.165) is 64.1 Å². The van der Waals surface area contributed by atoms with Gasteiger partial charge in [0.1, 0.15) is 6.71 Å². The van der Waals surface area contributed by atoms with E-state index in [9.17, 15) is 44.1 Å². The van der Waals surface area contributed by atoms with Gasteiger partial charge in [-0.05, 0) is 91.4 Å². The standard InChI is InChI=1S/C17H26BNO4.C15H20BNO4.C15H19NO4.2CH4/c1-16-12(9-10-18(2)3)14(21)19-17(16,15(22)23-16)13(20)11-7-5-4-6-8-11;1-14-10(7-8-16)12(19)17-15(14,13(20)21-14)11(18)9-5-3-2-4-6-9;1-3-10-12(18)16-15(13(19)20-14(10,15)2)11(17)9-7-5-4-6-8-9;;/h5,7,11-13,20H,4,6,8-10H2,1-3H3,(H,19,21);3,5,9-11,18H,2,4,6-8H2,1H3,(H,17,19);3,5,7,9-11,17H,1,4,6,8H2,2H3,(H,16,18);2*1H4/t11-,12+,13+,16+,17+;2*9-,10+,11+,14+,15+;;/m111../s1. The van der Waals surface area contributed by atoms with Crippen LogP contribution in [0.25, 0.3) is 0 Å². The Morgan fingerprint density at radius 3 is 1.32 bits per heavy atom. The first-order valence-electron chi connectivity index (χ1n) is 23.3. The second-order valence-electron chi connectivity index (χ2n) is 20.2. The fourth-order valence-corrected chi connectivity index (χ4v) is 12.2. The predicted octanol–water partition coefficient (Wildman–Crippen LogP) is 4.09. The van der Waals surface area contributed by atoms with Gasteiger partial charge in [0.25, 0.3) is 0 Å². The highest BCUT2D eigenvalue weighted by atomic mass is 16.6. The molecule has 9 rings (SSSR count). The number of aliphatic hydroxyl groups excluding tert-OH is 3. The molecule has 6 N–H and O–H groups in total. The fourth-order valence-electron chi connectivity index (χ4n) is 12.2. The summed E-state index contributed by atoms with van der Waals surface area (Å²) in [5, 5.41) is 40.7. The zero-order valence-electron chi connectivity index (χ0n) is 37.8. The summed E-state index contributed by atoms with van der Waals surface area (Å²) >= 11 is 0. The van der Waals surface area contributed by atoms with E-state index in [1.807, 2.05) is 36.5 Å². The van der Waals surface area contributed by atoms with Crippen LogP contribution in [0.3, 0.4) is 0 Å². The summed E-state index contributed by atoms with van der Waals surface area (Å²) in [6, 6.07) is 0. The molecule has 6 fully saturated rings. The van der Waals surface area contributed by atoms with Crippen molar-refractivity contribution in [1.29, 1.82) is 0 Å². The Hall–Kier alpha value is -4.21. The molecule has 6 saturated heterocycles. The second-order valence-corrected chi connectivity index (χ2v) is 20.2. The molecule has 9 aliphatic rings. The molecular formula is C49H73B2N3O12. The minimum Gasteiger partial charge on any atom is -0.453 e. The summed E-state index contributed by atoms with van der Waals surface area (Å²) in [7, 11) is 5.56. The van der Waals surface area contributed by atoms with Crippen LogP contribution in [-0.2, 0) is 43.0 Å². The Bertz CT molecular complexity index is 2010. The zero-order chi connectivity index (χ0) is 46.6. The first kappa shape index (κ1) is 52.8. The number of aliphatic hydroxyl groups is 3. The van der Waals surface area contributed by atoms with Crippen LogP contribution >= 0.6 is 0 Å². The molecule has 3 aliphatic carbocycles. The Balaban J connectivity index is 0.000000183. The third-order valence-corrected chi connectivity index (χ3v) is 16.2. The van der Waals surface area contributed by atoms with Crippen molar-refractivity contribution in [3.63, 3.8) is 0 Å². The lowest BCUT2D eigenvalue weighted by atomic mass is 9.50. The van der Waals surface area contributed by atoms with Crippen LogP contribution in [0.1, 0.15) is 106 Å². The number of ether oxygens (including phenoxy) is 3. The van der Waals surface area contributed by atoms with Crippen molar-refractivity contribution in [1.82, 2.24) is 16.0 Å². The minimum absolute atomic E-state index is 0. The van der Waals surface area contributed by atoms with Crippen LogP contribution in [0.4, 0.5) is 0 Å². The number of carbonyl (C=O) groups is 6. The number of nitrogens with one attached hydrogen (secondary N) is 3. The molecule has 15 nitrogen and oxygen atoms in total. The van der Waals surface area contributed by atoms with Gasteiger partial charge in [-0.15, -0.1) is 6.58 Å². The highest BCUT2D eigenvalue weighted by molar-refractivity contribution is 6.55. The number of hydrogen-bond acceptors (Lipinski definition) is 12. The van der Waals surface area contributed by atoms with Crippen molar-refractivity contribution in [2.75, 3.05) is 0 Å². The molecular weight excluding hydrogens is 844 g/mol. The molecule has 6 aliphatic heterocycles. The van der Waals surface area contributed by atoms with Crippen molar-refractivity contribution >= 4 is 50.2 Å².